The molecule has 9 heteroatoms. The van der Waals surface area contributed by atoms with Gasteiger partial charge in [0.1, 0.15) is 0 Å². The Morgan fingerprint density at radius 1 is 1.19 bits per heavy atom. The maximum atomic E-state index is 12.9. The van der Waals surface area contributed by atoms with E-state index in [9.17, 15) is 31.1 Å². The normalized spacial score (nSPS) is 16.5. The van der Waals surface area contributed by atoms with Gasteiger partial charge in [0.05, 0.1) is 0 Å². The number of carbonyl (C=O) groups excluding carboxylic acids is 1. The molecule has 2 nitrogen and oxygen atoms in total. The van der Waals surface area contributed by atoms with Gasteiger partial charge in [0.25, 0.3) is 0 Å². The number of rotatable bonds is 3. The van der Waals surface area contributed by atoms with Crippen LogP contribution in [0.15, 0.2) is 12.2 Å². The van der Waals surface area contributed by atoms with Gasteiger partial charge in [-0.25, -0.2) is 4.79 Å². The van der Waals surface area contributed by atoms with Crippen molar-refractivity contribution in [2.75, 3.05) is 0 Å². The van der Waals surface area contributed by atoms with E-state index < -0.39 is 29.0 Å². The van der Waals surface area contributed by atoms with Crippen molar-refractivity contribution in [3.05, 3.63) is 12.2 Å². The predicted octanol–water partition coefficient (Wildman–Crippen LogP) is 3.17. The van der Waals surface area contributed by atoms with E-state index in [1.54, 1.807) is 0 Å². The fourth-order valence-corrected chi connectivity index (χ4v) is 0.637. The van der Waals surface area contributed by atoms with E-state index in [1.165, 1.54) is 0 Å². The zero-order chi connectivity index (χ0) is 13.4. The average molecular weight is 271 g/mol. The Labute approximate surface area is 90.8 Å². The third-order valence-corrected chi connectivity index (χ3v) is 1.55. The molecule has 1 unspecified atom stereocenters. The van der Waals surface area contributed by atoms with Gasteiger partial charge in [-0.1, -0.05) is 6.58 Å². The van der Waals surface area contributed by atoms with Crippen LogP contribution in [0.3, 0.4) is 0 Å². The second kappa shape index (κ2) is 4.15. The topological polar surface area (TPSA) is 26.3 Å². The van der Waals surface area contributed by atoms with Crippen LogP contribution in [0.4, 0.5) is 26.3 Å². The van der Waals surface area contributed by atoms with Crippen molar-refractivity contribution in [2.24, 2.45) is 0 Å². The van der Waals surface area contributed by atoms with Crippen molar-refractivity contribution in [2.45, 2.75) is 24.3 Å². The minimum atomic E-state index is -6.18. The van der Waals surface area contributed by atoms with Gasteiger partial charge in [0.2, 0.25) is 0 Å². The van der Waals surface area contributed by atoms with Crippen LogP contribution in [0.1, 0.15) is 6.92 Å². The summed E-state index contributed by atoms with van der Waals surface area (Å²) in [5, 5.41) is -5.45. The highest BCUT2D eigenvalue weighted by Gasteiger charge is 2.74. The maximum Gasteiger partial charge on any atom is 0.468 e. The molecule has 0 amide bonds. The molecule has 16 heavy (non-hydrogen) atoms. The van der Waals surface area contributed by atoms with Crippen LogP contribution in [0.2, 0.25) is 0 Å². The largest absolute Gasteiger partial charge is 0.468 e. The van der Waals surface area contributed by atoms with Crippen LogP contribution in [0.5, 0.6) is 0 Å². The zero-order valence-electron chi connectivity index (χ0n) is 7.67. The molecule has 0 rings (SSSR count). The highest BCUT2D eigenvalue weighted by atomic mass is 35.5. The number of carbonyl (C=O) groups is 1. The minimum absolute atomic E-state index is 0.688. The Morgan fingerprint density at radius 3 is 1.75 bits per heavy atom. The summed E-state index contributed by atoms with van der Waals surface area (Å²) in [7, 11) is 0. The molecular formula is C7H5ClF6O2. The average Bonchev–Trinajstić information content (AvgIpc) is 1.99. The van der Waals surface area contributed by atoms with Crippen LogP contribution in [0.25, 0.3) is 0 Å². The first-order valence-corrected chi connectivity index (χ1v) is 3.92. The second-order valence-corrected chi connectivity index (χ2v) is 3.24. The summed E-state index contributed by atoms with van der Waals surface area (Å²) in [4.78, 5) is 10.6. The molecule has 94 valence electrons. The van der Waals surface area contributed by atoms with Gasteiger partial charge in [-0.15, -0.1) is 0 Å². The number of hydrogen-bond donors (Lipinski definition) is 0. The van der Waals surface area contributed by atoms with Crippen LogP contribution in [0, 0.1) is 0 Å². The van der Waals surface area contributed by atoms with Gasteiger partial charge in [0, 0.05) is 5.57 Å². The maximum absolute atomic E-state index is 12.9. The smallest absolute Gasteiger partial charge is 0.410 e. The molecular weight excluding hydrogens is 266 g/mol. The summed E-state index contributed by atoms with van der Waals surface area (Å²) in [6, 6.07) is 0. The number of ether oxygens (including phenoxy) is 1. The van der Waals surface area contributed by atoms with Crippen LogP contribution >= 0.6 is 11.6 Å². The molecule has 0 saturated carbocycles. The molecule has 0 aliphatic carbocycles. The van der Waals surface area contributed by atoms with Gasteiger partial charge in [0.15, 0.2) is 0 Å². The van der Waals surface area contributed by atoms with Crippen LogP contribution in [-0.4, -0.2) is 23.4 Å². The summed E-state index contributed by atoms with van der Waals surface area (Å²) in [6.07, 6.45) is -6.18. The Balaban J connectivity index is 5.30. The van der Waals surface area contributed by atoms with Crippen molar-refractivity contribution in [3.63, 3.8) is 0 Å². The van der Waals surface area contributed by atoms with Crippen molar-refractivity contribution >= 4 is 17.6 Å². The summed E-state index contributed by atoms with van der Waals surface area (Å²) in [5.41, 5.74) is -0.688. The van der Waals surface area contributed by atoms with Crippen LogP contribution in [-0.2, 0) is 9.53 Å². The highest BCUT2D eigenvalue weighted by molar-refractivity contribution is 6.22. The molecule has 0 aromatic rings. The van der Waals surface area contributed by atoms with Crippen molar-refractivity contribution < 1.29 is 35.9 Å². The van der Waals surface area contributed by atoms with Gasteiger partial charge in [-0.05, 0) is 18.5 Å². The monoisotopic (exact) mass is 270 g/mol. The molecule has 0 heterocycles. The van der Waals surface area contributed by atoms with Crippen LogP contribution < -0.4 is 0 Å². The Bertz CT molecular complexity index is 291. The highest BCUT2D eigenvalue weighted by Crippen LogP contribution is 2.48. The van der Waals surface area contributed by atoms with E-state index >= 15 is 0 Å². The van der Waals surface area contributed by atoms with E-state index in [0.29, 0.717) is 0 Å². The molecule has 0 N–H and O–H groups in total. The molecule has 0 saturated heterocycles. The summed E-state index contributed by atoms with van der Waals surface area (Å²) >= 11 is 3.94. The third-order valence-electron chi connectivity index (χ3n) is 1.31. The molecule has 0 aromatic carbocycles. The lowest BCUT2D eigenvalue weighted by Crippen LogP contribution is -2.55. The Kier molecular flexibility index (Phi) is 3.92. The Morgan fingerprint density at radius 2 is 1.56 bits per heavy atom. The SMILES string of the molecule is C=C(C)C(=O)OC(F)(C(F)(F)F)C(F)(F)Cl. The quantitative estimate of drug-likeness (QED) is 0.341. The Hall–Kier alpha value is -0.920. The third kappa shape index (κ3) is 2.81. The van der Waals surface area contributed by atoms with Gasteiger partial charge in [-0.3, -0.25) is 0 Å². The lowest BCUT2D eigenvalue weighted by Gasteiger charge is -2.30. The summed E-state index contributed by atoms with van der Waals surface area (Å²) in [5.74, 6) is -7.57. The molecule has 0 radical (unpaired) electrons. The molecule has 1 atom stereocenters. The molecule has 0 aliphatic heterocycles. The van der Waals surface area contributed by atoms with E-state index in [-0.39, 0.29) is 0 Å². The van der Waals surface area contributed by atoms with E-state index in [1.807, 2.05) is 0 Å². The fraction of sp³-hybridized carbons (Fsp3) is 0.571. The zero-order valence-corrected chi connectivity index (χ0v) is 8.43. The summed E-state index contributed by atoms with van der Waals surface area (Å²) < 4.78 is 76.4. The number of halogens is 7. The second-order valence-electron chi connectivity index (χ2n) is 2.76. The molecule has 0 aliphatic rings. The van der Waals surface area contributed by atoms with Gasteiger partial charge >= 0.3 is 23.4 Å². The standard InChI is InChI=1S/C7H5ClF6O2/c1-3(2)4(15)16-5(9,6(8,10)11)7(12,13)14/h1H2,2H3. The fourth-order valence-electron chi connectivity index (χ4n) is 0.491. The number of alkyl halides is 7. The lowest BCUT2D eigenvalue weighted by atomic mass is 10.3. The number of hydrogen-bond acceptors (Lipinski definition) is 2. The summed E-state index contributed by atoms with van der Waals surface area (Å²) in [6.45, 7) is 3.66. The molecule has 0 bridgehead atoms. The molecule has 0 aromatic heterocycles. The molecule has 0 spiro atoms. The number of esters is 1. The van der Waals surface area contributed by atoms with E-state index in [0.717, 1.165) is 6.92 Å². The first-order chi connectivity index (χ1) is 6.83. The van der Waals surface area contributed by atoms with E-state index in [2.05, 4.69) is 22.9 Å². The van der Waals surface area contributed by atoms with Gasteiger partial charge in [-0.2, -0.15) is 26.3 Å². The first-order valence-electron chi connectivity index (χ1n) is 3.54. The lowest BCUT2D eigenvalue weighted by molar-refractivity contribution is -0.365. The van der Waals surface area contributed by atoms with Crippen molar-refractivity contribution in [3.8, 4) is 0 Å². The first kappa shape index (κ1) is 15.1. The minimum Gasteiger partial charge on any atom is -0.410 e. The molecule has 0 fully saturated rings. The van der Waals surface area contributed by atoms with Crippen molar-refractivity contribution in [1.82, 2.24) is 0 Å². The van der Waals surface area contributed by atoms with Crippen molar-refractivity contribution in [1.29, 1.82) is 0 Å². The van der Waals surface area contributed by atoms with Gasteiger partial charge < -0.3 is 4.74 Å². The predicted molar refractivity (Wildman–Crippen MR) is 41.6 cm³/mol. The van der Waals surface area contributed by atoms with E-state index in [4.69, 9.17) is 0 Å².